The van der Waals surface area contributed by atoms with Crippen LogP contribution in [-0.4, -0.2) is 38.8 Å². The standard InChI is InChI=1S/C16H19N5O/c1-12(15-19-17-11-20(15)2)18-16(22)21-9-8-14(10-21)13-6-4-3-5-7-13/h3-8,11-12H,9-10H2,1-2H3,(H,18,22)/t12-/m0/s1. The van der Waals surface area contributed by atoms with Crippen molar-refractivity contribution < 1.29 is 4.79 Å². The lowest BCUT2D eigenvalue weighted by atomic mass is 10.1. The second-order valence-corrected chi connectivity index (χ2v) is 5.45. The SMILES string of the molecule is C[C@H](NC(=O)N1CC=C(c2ccccc2)C1)c1nncn1C. The van der Waals surface area contributed by atoms with Crippen molar-refractivity contribution >= 4 is 11.6 Å². The second-order valence-electron chi connectivity index (χ2n) is 5.45. The monoisotopic (exact) mass is 297 g/mol. The van der Waals surface area contributed by atoms with Gasteiger partial charge in [-0.05, 0) is 18.1 Å². The van der Waals surface area contributed by atoms with E-state index in [1.54, 1.807) is 11.2 Å². The summed E-state index contributed by atoms with van der Waals surface area (Å²) in [6.45, 7) is 3.16. The molecule has 0 saturated carbocycles. The molecule has 2 aromatic rings. The van der Waals surface area contributed by atoms with E-state index >= 15 is 0 Å². The van der Waals surface area contributed by atoms with Crippen molar-refractivity contribution in [3.8, 4) is 0 Å². The number of benzene rings is 1. The largest absolute Gasteiger partial charge is 0.328 e. The Morgan fingerprint density at radius 3 is 2.77 bits per heavy atom. The quantitative estimate of drug-likeness (QED) is 0.942. The van der Waals surface area contributed by atoms with Gasteiger partial charge in [-0.2, -0.15) is 0 Å². The third-order valence-corrected chi connectivity index (χ3v) is 3.82. The molecule has 2 amide bonds. The predicted octanol–water partition coefficient (Wildman–Crippen LogP) is 1.98. The third-order valence-electron chi connectivity index (χ3n) is 3.82. The Labute approximate surface area is 129 Å². The van der Waals surface area contributed by atoms with Gasteiger partial charge in [-0.3, -0.25) is 0 Å². The molecular formula is C16H19N5O. The van der Waals surface area contributed by atoms with Crippen molar-refractivity contribution in [1.82, 2.24) is 25.0 Å². The summed E-state index contributed by atoms with van der Waals surface area (Å²) in [6, 6.07) is 9.87. The van der Waals surface area contributed by atoms with E-state index in [2.05, 4.69) is 33.7 Å². The summed E-state index contributed by atoms with van der Waals surface area (Å²) in [7, 11) is 1.86. The average molecular weight is 297 g/mol. The van der Waals surface area contributed by atoms with Gasteiger partial charge < -0.3 is 14.8 Å². The van der Waals surface area contributed by atoms with Gasteiger partial charge in [0.2, 0.25) is 0 Å². The first kappa shape index (κ1) is 14.3. The lowest BCUT2D eigenvalue weighted by Crippen LogP contribution is -2.40. The maximum atomic E-state index is 12.4. The minimum absolute atomic E-state index is 0.0855. The summed E-state index contributed by atoms with van der Waals surface area (Å²) in [4.78, 5) is 14.2. The Morgan fingerprint density at radius 2 is 2.09 bits per heavy atom. The van der Waals surface area contributed by atoms with E-state index in [9.17, 15) is 4.79 Å². The summed E-state index contributed by atoms with van der Waals surface area (Å²) >= 11 is 0. The van der Waals surface area contributed by atoms with E-state index in [4.69, 9.17) is 0 Å². The van der Waals surface area contributed by atoms with Crippen LogP contribution in [0.3, 0.4) is 0 Å². The van der Waals surface area contributed by atoms with Gasteiger partial charge in [-0.15, -0.1) is 10.2 Å². The van der Waals surface area contributed by atoms with Gasteiger partial charge in [0.15, 0.2) is 5.82 Å². The number of amides is 2. The number of aryl methyl sites for hydroxylation is 1. The van der Waals surface area contributed by atoms with Crippen LogP contribution in [0.15, 0.2) is 42.7 Å². The van der Waals surface area contributed by atoms with E-state index in [1.807, 2.05) is 36.7 Å². The van der Waals surface area contributed by atoms with Crippen LogP contribution in [0.4, 0.5) is 4.79 Å². The van der Waals surface area contributed by atoms with E-state index in [1.165, 1.54) is 11.1 Å². The van der Waals surface area contributed by atoms with Crippen molar-refractivity contribution in [1.29, 1.82) is 0 Å². The van der Waals surface area contributed by atoms with Crippen LogP contribution in [0, 0.1) is 0 Å². The molecule has 3 rings (SSSR count). The first-order chi connectivity index (χ1) is 10.6. The summed E-state index contributed by atoms with van der Waals surface area (Å²) < 4.78 is 1.81. The number of rotatable bonds is 3. The topological polar surface area (TPSA) is 63.1 Å². The molecule has 2 heterocycles. The van der Waals surface area contributed by atoms with Gasteiger partial charge in [-0.1, -0.05) is 36.4 Å². The molecule has 1 aliphatic heterocycles. The van der Waals surface area contributed by atoms with Crippen LogP contribution in [0.2, 0.25) is 0 Å². The van der Waals surface area contributed by atoms with Crippen molar-refractivity contribution in [2.45, 2.75) is 13.0 Å². The Bertz CT molecular complexity index is 692. The molecule has 0 bridgehead atoms. The molecule has 114 valence electrons. The third kappa shape index (κ3) is 2.86. The molecule has 6 nitrogen and oxygen atoms in total. The maximum Gasteiger partial charge on any atom is 0.318 e. The fourth-order valence-corrected chi connectivity index (χ4v) is 2.60. The first-order valence-corrected chi connectivity index (χ1v) is 7.29. The molecule has 1 aliphatic rings. The molecule has 0 saturated heterocycles. The number of nitrogens with zero attached hydrogens (tertiary/aromatic N) is 4. The van der Waals surface area contributed by atoms with Crippen LogP contribution in [0.25, 0.3) is 5.57 Å². The van der Waals surface area contributed by atoms with Gasteiger partial charge in [-0.25, -0.2) is 4.79 Å². The van der Waals surface area contributed by atoms with Gasteiger partial charge in [0.1, 0.15) is 6.33 Å². The summed E-state index contributed by atoms with van der Waals surface area (Å²) in [5.41, 5.74) is 2.35. The molecule has 22 heavy (non-hydrogen) atoms. The number of nitrogens with one attached hydrogen (secondary N) is 1. The Hall–Kier alpha value is -2.63. The van der Waals surface area contributed by atoms with E-state index in [-0.39, 0.29) is 12.1 Å². The minimum Gasteiger partial charge on any atom is -0.328 e. The number of hydrogen-bond acceptors (Lipinski definition) is 3. The van der Waals surface area contributed by atoms with Crippen molar-refractivity contribution in [3.63, 3.8) is 0 Å². The Morgan fingerprint density at radius 1 is 1.32 bits per heavy atom. The van der Waals surface area contributed by atoms with E-state index < -0.39 is 0 Å². The molecule has 0 spiro atoms. The molecule has 1 N–H and O–H groups in total. The molecule has 1 aromatic carbocycles. The zero-order valence-corrected chi connectivity index (χ0v) is 12.7. The van der Waals surface area contributed by atoms with Crippen LogP contribution < -0.4 is 5.32 Å². The van der Waals surface area contributed by atoms with Gasteiger partial charge in [0.25, 0.3) is 0 Å². The highest BCUT2D eigenvalue weighted by Crippen LogP contribution is 2.21. The molecule has 0 radical (unpaired) electrons. The highest BCUT2D eigenvalue weighted by atomic mass is 16.2. The normalized spacial score (nSPS) is 15.5. The number of carbonyl (C=O) groups is 1. The lowest BCUT2D eigenvalue weighted by molar-refractivity contribution is 0.207. The van der Waals surface area contributed by atoms with Crippen molar-refractivity contribution in [2.24, 2.45) is 7.05 Å². The van der Waals surface area contributed by atoms with Crippen LogP contribution in [-0.2, 0) is 7.05 Å². The fourth-order valence-electron chi connectivity index (χ4n) is 2.60. The van der Waals surface area contributed by atoms with Crippen LogP contribution >= 0.6 is 0 Å². The molecule has 6 heteroatoms. The highest BCUT2D eigenvalue weighted by molar-refractivity contribution is 5.80. The van der Waals surface area contributed by atoms with E-state index in [0.717, 1.165) is 5.82 Å². The fraction of sp³-hybridized carbons (Fsp3) is 0.312. The minimum atomic E-state index is -0.180. The van der Waals surface area contributed by atoms with Crippen molar-refractivity contribution in [3.05, 3.63) is 54.1 Å². The zero-order chi connectivity index (χ0) is 15.5. The molecule has 1 atom stereocenters. The van der Waals surface area contributed by atoms with Crippen molar-refractivity contribution in [2.75, 3.05) is 13.1 Å². The lowest BCUT2D eigenvalue weighted by Gasteiger charge is -2.20. The number of carbonyl (C=O) groups excluding carboxylic acids is 1. The summed E-state index contributed by atoms with van der Waals surface area (Å²) in [5.74, 6) is 0.740. The summed E-state index contributed by atoms with van der Waals surface area (Å²) in [5, 5.41) is 10.8. The second kappa shape index (κ2) is 6.01. The predicted molar refractivity (Wildman–Crippen MR) is 83.9 cm³/mol. The zero-order valence-electron chi connectivity index (χ0n) is 12.7. The summed E-state index contributed by atoms with van der Waals surface area (Å²) in [6.07, 6.45) is 3.73. The Kier molecular flexibility index (Phi) is 3.91. The number of urea groups is 1. The number of hydrogen-bond donors (Lipinski definition) is 1. The first-order valence-electron chi connectivity index (χ1n) is 7.29. The molecule has 0 aliphatic carbocycles. The van der Waals surface area contributed by atoms with Gasteiger partial charge in [0, 0.05) is 20.1 Å². The molecule has 0 unspecified atom stereocenters. The van der Waals surface area contributed by atoms with E-state index in [0.29, 0.717) is 13.1 Å². The highest BCUT2D eigenvalue weighted by Gasteiger charge is 2.23. The van der Waals surface area contributed by atoms with Gasteiger partial charge >= 0.3 is 6.03 Å². The molecule has 0 fully saturated rings. The van der Waals surface area contributed by atoms with Crippen LogP contribution in [0.5, 0.6) is 0 Å². The molecule has 1 aromatic heterocycles. The maximum absolute atomic E-state index is 12.4. The van der Waals surface area contributed by atoms with Crippen LogP contribution in [0.1, 0.15) is 24.4 Å². The number of aromatic nitrogens is 3. The smallest absolute Gasteiger partial charge is 0.318 e. The molecular weight excluding hydrogens is 278 g/mol. The Balaban J connectivity index is 1.60. The van der Waals surface area contributed by atoms with Gasteiger partial charge in [0.05, 0.1) is 6.04 Å². The average Bonchev–Trinajstić information content (AvgIpc) is 3.17.